The van der Waals surface area contributed by atoms with Gasteiger partial charge in [0.15, 0.2) is 0 Å². The number of hydrogen-bond acceptors (Lipinski definition) is 5. The van der Waals surface area contributed by atoms with E-state index in [4.69, 9.17) is 9.84 Å². The number of nitro groups is 1. The van der Waals surface area contributed by atoms with Crippen LogP contribution >= 0.6 is 0 Å². The maximum atomic E-state index is 12.5. The minimum absolute atomic E-state index is 0.102. The molecule has 2 rings (SSSR count). The Labute approximate surface area is 126 Å². The van der Waals surface area contributed by atoms with Crippen molar-refractivity contribution in [2.24, 2.45) is 0 Å². The zero-order valence-electron chi connectivity index (χ0n) is 12.0. The summed E-state index contributed by atoms with van der Waals surface area (Å²) in [7, 11) is 1.52. The standard InChI is InChI=1S/C14H16N2O6/c1-22-12-6-11(7-13(17)18)15(8-12)14(19)9-2-4-10(5-3-9)16(20)21/h2-5,11-12H,6-8H2,1H3,(H,17,18). The lowest BCUT2D eigenvalue weighted by molar-refractivity contribution is -0.384. The Bertz CT molecular complexity index is 586. The van der Waals surface area contributed by atoms with E-state index in [0.29, 0.717) is 13.0 Å². The minimum Gasteiger partial charge on any atom is -0.481 e. The number of carboxylic acids is 1. The third kappa shape index (κ3) is 3.40. The number of nitro benzene ring substituents is 1. The molecule has 1 aromatic rings. The number of hydrogen-bond donors (Lipinski definition) is 1. The van der Waals surface area contributed by atoms with Crippen LogP contribution in [0.15, 0.2) is 24.3 Å². The summed E-state index contributed by atoms with van der Waals surface area (Å²) in [5.74, 6) is -1.33. The fraction of sp³-hybridized carbons (Fsp3) is 0.429. The van der Waals surface area contributed by atoms with Gasteiger partial charge in [-0.25, -0.2) is 0 Å². The molecule has 8 heteroatoms. The summed E-state index contributed by atoms with van der Waals surface area (Å²) in [4.78, 5) is 35.0. The number of amides is 1. The van der Waals surface area contributed by atoms with Gasteiger partial charge in [-0.2, -0.15) is 0 Å². The van der Waals surface area contributed by atoms with Gasteiger partial charge in [-0.15, -0.1) is 0 Å². The van der Waals surface area contributed by atoms with Crippen molar-refractivity contribution in [3.05, 3.63) is 39.9 Å². The highest BCUT2D eigenvalue weighted by molar-refractivity contribution is 5.95. The maximum Gasteiger partial charge on any atom is 0.305 e. The van der Waals surface area contributed by atoms with Crippen LogP contribution in [0.1, 0.15) is 23.2 Å². The highest BCUT2D eigenvalue weighted by Crippen LogP contribution is 2.25. The second-order valence-electron chi connectivity index (χ2n) is 5.11. The number of nitrogens with zero attached hydrogens (tertiary/aromatic N) is 2. The van der Waals surface area contributed by atoms with Crippen molar-refractivity contribution in [3.63, 3.8) is 0 Å². The second kappa shape index (κ2) is 6.52. The van der Waals surface area contributed by atoms with E-state index in [1.54, 1.807) is 0 Å². The van der Waals surface area contributed by atoms with Crippen molar-refractivity contribution in [3.8, 4) is 0 Å². The van der Waals surface area contributed by atoms with Crippen molar-refractivity contribution in [2.75, 3.05) is 13.7 Å². The van der Waals surface area contributed by atoms with Crippen LogP contribution in [0.3, 0.4) is 0 Å². The van der Waals surface area contributed by atoms with Gasteiger partial charge < -0.3 is 14.7 Å². The van der Waals surface area contributed by atoms with Crippen molar-refractivity contribution >= 4 is 17.6 Å². The van der Waals surface area contributed by atoms with Crippen molar-refractivity contribution in [1.29, 1.82) is 0 Å². The number of non-ortho nitro benzene ring substituents is 1. The van der Waals surface area contributed by atoms with Crippen LogP contribution in [0, 0.1) is 10.1 Å². The monoisotopic (exact) mass is 308 g/mol. The summed E-state index contributed by atoms with van der Waals surface area (Å²) in [5.41, 5.74) is 0.188. The molecule has 22 heavy (non-hydrogen) atoms. The molecule has 1 aromatic carbocycles. The Hall–Kier alpha value is -2.48. The first kappa shape index (κ1) is 15.9. The largest absolute Gasteiger partial charge is 0.481 e. The fourth-order valence-electron chi connectivity index (χ4n) is 2.58. The lowest BCUT2D eigenvalue weighted by atomic mass is 10.1. The Morgan fingerprint density at radius 1 is 1.41 bits per heavy atom. The number of rotatable bonds is 5. The fourth-order valence-corrected chi connectivity index (χ4v) is 2.58. The number of carbonyl (C=O) groups is 2. The van der Waals surface area contributed by atoms with Gasteiger partial charge in [0.25, 0.3) is 11.6 Å². The van der Waals surface area contributed by atoms with Crippen molar-refractivity contribution in [2.45, 2.75) is 25.0 Å². The van der Waals surface area contributed by atoms with Crippen molar-refractivity contribution in [1.82, 2.24) is 4.90 Å². The smallest absolute Gasteiger partial charge is 0.305 e. The van der Waals surface area contributed by atoms with Gasteiger partial charge in [-0.05, 0) is 18.6 Å². The highest BCUT2D eigenvalue weighted by atomic mass is 16.6. The topological polar surface area (TPSA) is 110 Å². The lowest BCUT2D eigenvalue weighted by Crippen LogP contribution is -2.37. The van der Waals surface area contributed by atoms with E-state index in [-0.39, 0.29) is 29.7 Å². The van der Waals surface area contributed by atoms with Gasteiger partial charge in [0.05, 0.1) is 17.4 Å². The van der Waals surface area contributed by atoms with Crippen LogP contribution in [0.25, 0.3) is 0 Å². The Balaban J connectivity index is 2.18. The molecule has 0 saturated carbocycles. The van der Waals surface area contributed by atoms with Crippen LogP contribution in [-0.2, 0) is 9.53 Å². The summed E-state index contributed by atoms with van der Waals surface area (Å²) in [6.45, 7) is 0.310. The first-order valence-electron chi connectivity index (χ1n) is 6.72. The number of aliphatic carboxylic acids is 1. The zero-order chi connectivity index (χ0) is 16.3. The first-order chi connectivity index (χ1) is 10.4. The highest BCUT2D eigenvalue weighted by Gasteiger charge is 2.36. The van der Waals surface area contributed by atoms with E-state index < -0.39 is 16.9 Å². The molecule has 0 bridgehead atoms. The summed E-state index contributed by atoms with van der Waals surface area (Å²) in [5, 5.41) is 19.6. The summed E-state index contributed by atoms with van der Waals surface area (Å²) < 4.78 is 5.21. The van der Waals surface area contributed by atoms with Gasteiger partial charge in [-0.3, -0.25) is 19.7 Å². The average Bonchev–Trinajstić information content (AvgIpc) is 2.88. The molecule has 0 aromatic heterocycles. The molecule has 1 saturated heterocycles. The van der Waals surface area contributed by atoms with Crippen LogP contribution in [-0.4, -0.2) is 52.6 Å². The molecular formula is C14H16N2O6. The van der Waals surface area contributed by atoms with Crippen LogP contribution in [0.2, 0.25) is 0 Å². The normalized spacial score (nSPS) is 20.9. The molecule has 1 aliphatic rings. The molecule has 1 fully saturated rings. The number of ether oxygens (including phenoxy) is 1. The SMILES string of the molecule is COC1CC(CC(=O)O)N(C(=O)c2ccc([N+](=O)[O-])cc2)C1. The molecular weight excluding hydrogens is 292 g/mol. The summed E-state index contributed by atoms with van der Waals surface area (Å²) in [6.07, 6.45) is 0.103. The summed E-state index contributed by atoms with van der Waals surface area (Å²) in [6, 6.07) is 4.81. The number of carboxylic acid groups (broad SMARTS) is 1. The third-order valence-corrected chi connectivity index (χ3v) is 3.71. The Morgan fingerprint density at radius 2 is 2.05 bits per heavy atom. The molecule has 0 radical (unpaired) electrons. The Kier molecular flexibility index (Phi) is 4.71. The number of methoxy groups -OCH3 is 1. The minimum atomic E-state index is -0.983. The van der Waals surface area contributed by atoms with Crippen LogP contribution < -0.4 is 0 Å². The third-order valence-electron chi connectivity index (χ3n) is 3.71. The van der Waals surface area contributed by atoms with Gasteiger partial charge in [0.2, 0.25) is 0 Å². The molecule has 1 amide bonds. The predicted molar refractivity (Wildman–Crippen MR) is 75.6 cm³/mol. The lowest BCUT2D eigenvalue weighted by Gasteiger charge is -2.23. The van der Waals surface area contributed by atoms with Gasteiger partial charge in [-0.1, -0.05) is 0 Å². The van der Waals surface area contributed by atoms with E-state index in [0.717, 1.165) is 0 Å². The molecule has 8 nitrogen and oxygen atoms in total. The quantitative estimate of drug-likeness (QED) is 0.648. The van der Waals surface area contributed by atoms with Crippen LogP contribution in [0.4, 0.5) is 5.69 Å². The molecule has 118 valence electrons. The number of benzene rings is 1. The molecule has 1 heterocycles. The number of carbonyl (C=O) groups excluding carboxylic acids is 1. The number of likely N-dealkylation sites (tertiary alicyclic amines) is 1. The van der Waals surface area contributed by atoms with Crippen LogP contribution in [0.5, 0.6) is 0 Å². The van der Waals surface area contributed by atoms with E-state index in [1.165, 1.54) is 36.3 Å². The molecule has 1 aliphatic heterocycles. The predicted octanol–water partition coefficient (Wildman–Crippen LogP) is 1.30. The molecule has 2 unspecified atom stereocenters. The van der Waals surface area contributed by atoms with E-state index in [1.807, 2.05) is 0 Å². The first-order valence-corrected chi connectivity index (χ1v) is 6.72. The second-order valence-corrected chi connectivity index (χ2v) is 5.11. The Morgan fingerprint density at radius 3 is 2.55 bits per heavy atom. The van der Waals surface area contributed by atoms with Gasteiger partial charge >= 0.3 is 5.97 Å². The van der Waals surface area contributed by atoms with E-state index in [9.17, 15) is 19.7 Å². The maximum absolute atomic E-state index is 12.5. The van der Waals surface area contributed by atoms with E-state index in [2.05, 4.69) is 0 Å². The van der Waals surface area contributed by atoms with Crippen molar-refractivity contribution < 1.29 is 24.4 Å². The molecule has 1 N–H and O–H groups in total. The van der Waals surface area contributed by atoms with Gasteiger partial charge in [0, 0.05) is 37.4 Å². The molecule has 2 atom stereocenters. The van der Waals surface area contributed by atoms with Gasteiger partial charge in [0.1, 0.15) is 0 Å². The average molecular weight is 308 g/mol. The molecule has 0 spiro atoms. The van der Waals surface area contributed by atoms with E-state index >= 15 is 0 Å². The zero-order valence-corrected chi connectivity index (χ0v) is 12.0. The molecule has 0 aliphatic carbocycles. The summed E-state index contributed by atoms with van der Waals surface area (Å²) >= 11 is 0.